The molecular formula is C57H66O2. The largest absolute Gasteiger partial charge is 0.454 e. The molecule has 306 valence electrons. The summed E-state index contributed by atoms with van der Waals surface area (Å²) in [6.07, 6.45) is 21.6. The summed E-state index contributed by atoms with van der Waals surface area (Å²) in [7, 11) is 0. The summed E-state index contributed by atoms with van der Waals surface area (Å²) in [5.74, 6) is 5.12. The van der Waals surface area contributed by atoms with Crippen molar-refractivity contribution in [3.05, 3.63) is 120 Å². The normalized spacial score (nSPS) is 21.6. The van der Waals surface area contributed by atoms with Crippen molar-refractivity contribution >= 4 is 21.5 Å². The van der Waals surface area contributed by atoms with Gasteiger partial charge in [0, 0.05) is 17.5 Å². The van der Waals surface area contributed by atoms with Crippen molar-refractivity contribution in [2.24, 2.45) is 11.8 Å². The summed E-state index contributed by atoms with van der Waals surface area (Å²) < 4.78 is 13.7. The summed E-state index contributed by atoms with van der Waals surface area (Å²) in [6, 6.07) is 41.9. The average molecular weight is 783 g/mol. The van der Waals surface area contributed by atoms with E-state index in [0.29, 0.717) is 11.8 Å². The number of ether oxygens (including phenoxy) is 2. The van der Waals surface area contributed by atoms with Crippen molar-refractivity contribution in [3.63, 3.8) is 0 Å². The molecule has 0 spiro atoms. The molecule has 0 saturated heterocycles. The Labute approximate surface area is 354 Å². The van der Waals surface area contributed by atoms with Crippen molar-refractivity contribution in [1.29, 1.82) is 0 Å². The Hall–Kier alpha value is -4.56. The molecule has 6 aromatic rings. The number of benzene rings is 6. The Morgan fingerprint density at radius 3 is 1.27 bits per heavy atom. The molecule has 2 heteroatoms. The van der Waals surface area contributed by atoms with Gasteiger partial charge in [-0.2, -0.15) is 0 Å². The Morgan fingerprint density at radius 1 is 0.407 bits per heavy atom. The van der Waals surface area contributed by atoms with Gasteiger partial charge in [0.05, 0.1) is 0 Å². The molecule has 2 saturated carbocycles. The molecule has 1 heterocycles. The fourth-order valence-corrected chi connectivity index (χ4v) is 11.1. The lowest BCUT2D eigenvalue weighted by Gasteiger charge is -2.28. The third kappa shape index (κ3) is 8.71. The fourth-order valence-electron chi connectivity index (χ4n) is 11.1. The molecule has 0 atom stereocenters. The molecule has 0 radical (unpaired) electrons. The van der Waals surface area contributed by atoms with Crippen LogP contribution in [0.4, 0.5) is 0 Å². The van der Waals surface area contributed by atoms with Gasteiger partial charge in [-0.25, -0.2) is 0 Å². The molecule has 0 unspecified atom stereocenters. The minimum absolute atomic E-state index is 0.319. The van der Waals surface area contributed by atoms with E-state index >= 15 is 0 Å². The Morgan fingerprint density at radius 2 is 0.847 bits per heavy atom. The van der Waals surface area contributed by atoms with Crippen molar-refractivity contribution < 1.29 is 9.47 Å². The molecule has 0 amide bonds. The second kappa shape index (κ2) is 18.4. The summed E-state index contributed by atoms with van der Waals surface area (Å²) in [6.45, 7) is 6.92. The van der Waals surface area contributed by atoms with E-state index in [4.69, 9.17) is 9.47 Å². The van der Waals surface area contributed by atoms with Crippen LogP contribution in [0.2, 0.25) is 0 Å². The molecule has 0 N–H and O–H groups in total. The van der Waals surface area contributed by atoms with E-state index in [1.54, 1.807) is 0 Å². The maximum atomic E-state index is 6.83. The standard InChI is InChI=1S/C57H66O2/c1-4-7-8-9-12-55-58-53-35-31-49-37-47(45-25-21-43(22-26-45)41-17-13-39(10-5-2)14-18-41)29-33-51(49)56(53)57-52-34-30-48(38-50(52)32-36-54(57)59-55)46-27-23-44(24-28-46)42-19-15-40(11-6-3)16-20-42/h21-42,55H,4-20H2,1-3H3. The van der Waals surface area contributed by atoms with E-state index in [1.807, 2.05) is 0 Å². The molecule has 1 aliphatic heterocycles. The summed E-state index contributed by atoms with van der Waals surface area (Å²) in [5.41, 5.74) is 10.4. The minimum atomic E-state index is -0.319. The molecule has 6 aromatic carbocycles. The van der Waals surface area contributed by atoms with Gasteiger partial charge in [-0.1, -0.05) is 151 Å². The highest BCUT2D eigenvalue weighted by molar-refractivity contribution is 6.11. The van der Waals surface area contributed by atoms with E-state index < -0.39 is 0 Å². The lowest BCUT2D eigenvalue weighted by Crippen LogP contribution is -2.23. The van der Waals surface area contributed by atoms with Crippen molar-refractivity contribution in [3.8, 4) is 44.9 Å². The van der Waals surface area contributed by atoms with Gasteiger partial charge in [0.1, 0.15) is 11.5 Å². The molecule has 2 fully saturated rings. The molecule has 2 aliphatic carbocycles. The van der Waals surface area contributed by atoms with Crippen LogP contribution in [-0.2, 0) is 0 Å². The number of unbranched alkanes of at least 4 members (excludes halogenated alkanes) is 3. The fraction of sp³-hybridized carbons (Fsp3) is 0.439. The summed E-state index contributed by atoms with van der Waals surface area (Å²) in [4.78, 5) is 0. The zero-order valence-corrected chi connectivity index (χ0v) is 36.1. The van der Waals surface area contributed by atoms with Crippen LogP contribution in [0.15, 0.2) is 109 Å². The maximum Gasteiger partial charge on any atom is 0.241 e. The highest BCUT2D eigenvalue weighted by Gasteiger charge is 2.28. The Bertz CT molecular complexity index is 2160. The predicted molar refractivity (Wildman–Crippen MR) is 251 cm³/mol. The Kier molecular flexibility index (Phi) is 12.4. The molecule has 9 rings (SSSR count). The van der Waals surface area contributed by atoms with Crippen LogP contribution in [-0.4, -0.2) is 6.29 Å². The van der Waals surface area contributed by atoms with E-state index in [2.05, 4.69) is 130 Å². The molecule has 0 bridgehead atoms. The first kappa shape index (κ1) is 39.9. The van der Waals surface area contributed by atoms with Crippen LogP contribution in [0.5, 0.6) is 11.5 Å². The molecule has 2 nitrogen and oxygen atoms in total. The Balaban J connectivity index is 1.03. The van der Waals surface area contributed by atoms with Gasteiger partial charge in [-0.05, 0) is 161 Å². The van der Waals surface area contributed by atoms with Crippen molar-refractivity contribution in [1.82, 2.24) is 0 Å². The topological polar surface area (TPSA) is 18.5 Å². The van der Waals surface area contributed by atoms with Crippen LogP contribution >= 0.6 is 0 Å². The minimum Gasteiger partial charge on any atom is -0.454 e. The average Bonchev–Trinajstić information content (AvgIpc) is 3.45. The lowest BCUT2D eigenvalue weighted by molar-refractivity contribution is 0.00127. The summed E-state index contributed by atoms with van der Waals surface area (Å²) in [5, 5.41) is 4.87. The van der Waals surface area contributed by atoms with Crippen LogP contribution < -0.4 is 9.47 Å². The third-order valence-electron chi connectivity index (χ3n) is 14.5. The van der Waals surface area contributed by atoms with Gasteiger partial charge < -0.3 is 9.47 Å². The number of hydrogen-bond acceptors (Lipinski definition) is 2. The van der Waals surface area contributed by atoms with Crippen molar-refractivity contribution in [2.45, 2.75) is 148 Å². The summed E-state index contributed by atoms with van der Waals surface area (Å²) >= 11 is 0. The van der Waals surface area contributed by atoms with Gasteiger partial charge in [0.15, 0.2) is 0 Å². The second-order valence-electron chi connectivity index (χ2n) is 18.5. The van der Waals surface area contributed by atoms with Crippen LogP contribution in [0.3, 0.4) is 0 Å². The van der Waals surface area contributed by atoms with Crippen LogP contribution in [0.1, 0.15) is 153 Å². The monoisotopic (exact) mass is 783 g/mol. The van der Waals surface area contributed by atoms with Crippen molar-refractivity contribution in [2.75, 3.05) is 0 Å². The van der Waals surface area contributed by atoms with E-state index in [9.17, 15) is 0 Å². The highest BCUT2D eigenvalue weighted by atomic mass is 16.7. The maximum absolute atomic E-state index is 6.83. The smallest absolute Gasteiger partial charge is 0.241 e. The highest BCUT2D eigenvalue weighted by Crippen LogP contribution is 2.49. The van der Waals surface area contributed by atoms with Crippen LogP contribution in [0, 0.1) is 11.8 Å². The van der Waals surface area contributed by atoms with E-state index in [1.165, 1.54) is 151 Å². The van der Waals surface area contributed by atoms with E-state index in [-0.39, 0.29) is 6.29 Å². The lowest BCUT2D eigenvalue weighted by atomic mass is 9.77. The molecule has 3 aliphatic rings. The number of hydrogen-bond donors (Lipinski definition) is 0. The molecule has 0 aromatic heterocycles. The van der Waals surface area contributed by atoms with Gasteiger partial charge in [0.25, 0.3) is 0 Å². The van der Waals surface area contributed by atoms with Gasteiger partial charge >= 0.3 is 0 Å². The predicted octanol–water partition coefficient (Wildman–Crippen LogP) is 17.2. The number of rotatable bonds is 13. The second-order valence-corrected chi connectivity index (χ2v) is 18.5. The first-order valence-electron chi connectivity index (χ1n) is 23.8. The number of fused-ring (bicyclic) bond motifs is 7. The zero-order chi connectivity index (χ0) is 40.1. The first-order valence-corrected chi connectivity index (χ1v) is 23.8. The molecule has 59 heavy (non-hydrogen) atoms. The van der Waals surface area contributed by atoms with Gasteiger partial charge in [-0.15, -0.1) is 0 Å². The quantitative estimate of drug-likeness (QED) is 0.109. The van der Waals surface area contributed by atoms with Gasteiger partial charge in [-0.3, -0.25) is 0 Å². The van der Waals surface area contributed by atoms with E-state index in [0.717, 1.165) is 47.3 Å². The zero-order valence-electron chi connectivity index (χ0n) is 36.1. The first-order chi connectivity index (χ1) is 29.1. The SMILES string of the molecule is CCCCCCC1Oc2ccc3cc(-c4ccc(C5CCC(CCC)CC5)cc4)ccc3c2-c2c(ccc3cc(-c4ccc(C5CCC(CCC)CC5)cc4)ccc23)O1. The molecular weight excluding hydrogens is 717 g/mol. The van der Waals surface area contributed by atoms with Crippen LogP contribution in [0.25, 0.3) is 54.9 Å². The third-order valence-corrected chi connectivity index (χ3v) is 14.5. The van der Waals surface area contributed by atoms with Gasteiger partial charge in [0.2, 0.25) is 6.29 Å².